The molecule has 0 aliphatic heterocycles. The number of methoxy groups -OCH3 is 2. The van der Waals surface area contributed by atoms with Crippen molar-refractivity contribution in [2.45, 2.75) is 12.8 Å². The Bertz CT molecular complexity index is 1090. The summed E-state index contributed by atoms with van der Waals surface area (Å²) >= 11 is 0. The summed E-state index contributed by atoms with van der Waals surface area (Å²) in [5, 5.41) is 6.01. The normalized spacial score (nSPS) is 11.6. The number of hydrogen-bond donors (Lipinski definition) is 2. The van der Waals surface area contributed by atoms with E-state index in [2.05, 4.69) is 32.5 Å². The van der Waals surface area contributed by atoms with Gasteiger partial charge in [0, 0.05) is 63.6 Å². The Hall–Kier alpha value is -3.72. The molecule has 0 spiro atoms. The van der Waals surface area contributed by atoms with Crippen molar-refractivity contribution in [1.29, 1.82) is 0 Å². The third-order valence-corrected chi connectivity index (χ3v) is 5.58. The molecule has 0 saturated heterocycles. The highest BCUT2D eigenvalue weighted by Gasteiger charge is 2.15. The molecular weight excluding hydrogens is 432 g/mol. The van der Waals surface area contributed by atoms with Gasteiger partial charge in [0.15, 0.2) is 0 Å². The molecule has 1 aromatic carbocycles. The molecular formula is C25H32N6O3. The molecule has 0 aliphatic rings. The van der Waals surface area contributed by atoms with Crippen LogP contribution in [0.1, 0.15) is 28.8 Å². The smallest absolute Gasteiger partial charge is 0.251 e. The number of anilines is 2. The quantitative estimate of drug-likeness (QED) is 0.446. The van der Waals surface area contributed by atoms with Gasteiger partial charge in [-0.2, -0.15) is 0 Å². The minimum Gasteiger partial charge on any atom is -0.496 e. The van der Waals surface area contributed by atoms with Crippen molar-refractivity contribution in [1.82, 2.24) is 20.3 Å². The summed E-state index contributed by atoms with van der Waals surface area (Å²) in [5.74, 6) is 2.25. The highest BCUT2D eigenvalue weighted by molar-refractivity contribution is 5.94. The fourth-order valence-corrected chi connectivity index (χ4v) is 3.49. The second kappa shape index (κ2) is 11.9. The summed E-state index contributed by atoms with van der Waals surface area (Å²) in [4.78, 5) is 27.2. The van der Waals surface area contributed by atoms with E-state index in [0.29, 0.717) is 24.5 Å². The van der Waals surface area contributed by atoms with Crippen LogP contribution >= 0.6 is 0 Å². The van der Waals surface area contributed by atoms with Gasteiger partial charge in [0.1, 0.15) is 23.7 Å². The lowest BCUT2D eigenvalue weighted by atomic mass is 9.98. The molecule has 2 N–H and O–H groups in total. The van der Waals surface area contributed by atoms with Crippen molar-refractivity contribution in [2.24, 2.45) is 0 Å². The van der Waals surface area contributed by atoms with Crippen molar-refractivity contribution < 1.29 is 14.3 Å². The first-order valence-electron chi connectivity index (χ1n) is 11.1. The number of nitrogens with one attached hydrogen (secondary N) is 2. The minimum absolute atomic E-state index is 0.121. The molecule has 1 atom stereocenters. The summed E-state index contributed by atoms with van der Waals surface area (Å²) < 4.78 is 10.7. The number of pyridine rings is 1. The highest BCUT2D eigenvalue weighted by atomic mass is 16.5. The third kappa shape index (κ3) is 6.20. The SMILES string of the molecule is CNC(=O)c1ccc([C@H](C)CNc2cc(-c3ccc(N(C)CCOC)nc3)ncn2)c(OC)c1. The minimum atomic E-state index is -0.145. The van der Waals surface area contributed by atoms with Gasteiger partial charge < -0.3 is 25.0 Å². The Morgan fingerprint density at radius 1 is 1.12 bits per heavy atom. The lowest BCUT2D eigenvalue weighted by Gasteiger charge is -2.18. The summed E-state index contributed by atoms with van der Waals surface area (Å²) in [6.07, 6.45) is 3.35. The van der Waals surface area contributed by atoms with Crippen molar-refractivity contribution in [3.63, 3.8) is 0 Å². The maximum Gasteiger partial charge on any atom is 0.251 e. The van der Waals surface area contributed by atoms with Crippen LogP contribution in [-0.4, -0.2) is 68.9 Å². The number of nitrogens with zero attached hydrogens (tertiary/aromatic N) is 4. The molecule has 9 nitrogen and oxygen atoms in total. The molecule has 0 fully saturated rings. The Morgan fingerprint density at radius 3 is 2.62 bits per heavy atom. The van der Waals surface area contributed by atoms with E-state index in [1.54, 1.807) is 39.7 Å². The topological polar surface area (TPSA) is 102 Å². The molecule has 0 radical (unpaired) electrons. The molecule has 2 aromatic heterocycles. The fourth-order valence-electron chi connectivity index (χ4n) is 3.49. The molecule has 2 heterocycles. The van der Waals surface area contributed by atoms with E-state index < -0.39 is 0 Å². The maximum absolute atomic E-state index is 11.9. The van der Waals surface area contributed by atoms with Gasteiger partial charge >= 0.3 is 0 Å². The van der Waals surface area contributed by atoms with Crippen LogP contribution in [0, 0.1) is 0 Å². The predicted molar refractivity (Wildman–Crippen MR) is 134 cm³/mol. The van der Waals surface area contributed by atoms with Crippen LogP contribution in [0.5, 0.6) is 5.75 Å². The van der Waals surface area contributed by atoms with Crippen molar-refractivity contribution in [2.75, 3.05) is 58.2 Å². The number of rotatable bonds is 11. The van der Waals surface area contributed by atoms with E-state index in [9.17, 15) is 4.79 Å². The monoisotopic (exact) mass is 464 g/mol. The third-order valence-electron chi connectivity index (χ3n) is 5.58. The summed E-state index contributed by atoms with van der Waals surface area (Å²) in [5.41, 5.74) is 3.27. The Balaban J connectivity index is 1.67. The molecule has 34 heavy (non-hydrogen) atoms. The van der Waals surface area contributed by atoms with E-state index >= 15 is 0 Å². The van der Waals surface area contributed by atoms with Crippen LogP contribution in [0.15, 0.2) is 48.9 Å². The van der Waals surface area contributed by atoms with E-state index in [1.165, 1.54) is 0 Å². The van der Waals surface area contributed by atoms with Crippen LogP contribution in [0.2, 0.25) is 0 Å². The zero-order valence-corrected chi connectivity index (χ0v) is 20.3. The summed E-state index contributed by atoms with van der Waals surface area (Å²) in [6, 6.07) is 11.4. The Morgan fingerprint density at radius 2 is 1.94 bits per heavy atom. The van der Waals surface area contributed by atoms with E-state index in [1.807, 2.05) is 42.4 Å². The van der Waals surface area contributed by atoms with Gasteiger partial charge in [0.25, 0.3) is 5.91 Å². The molecule has 3 rings (SSSR count). The number of benzene rings is 1. The number of amides is 1. The van der Waals surface area contributed by atoms with Gasteiger partial charge in [-0.25, -0.2) is 15.0 Å². The van der Waals surface area contributed by atoms with E-state index in [4.69, 9.17) is 9.47 Å². The van der Waals surface area contributed by atoms with Crippen LogP contribution in [0.25, 0.3) is 11.3 Å². The first kappa shape index (κ1) is 24.9. The lowest BCUT2D eigenvalue weighted by Crippen LogP contribution is -2.22. The molecule has 3 aromatic rings. The van der Waals surface area contributed by atoms with Gasteiger partial charge in [0.2, 0.25) is 0 Å². The second-order valence-electron chi connectivity index (χ2n) is 7.93. The number of hydrogen-bond acceptors (Lipinski definition) is 8. The van der Waals surface area contributed by atoms with Gasteiger partial charge in [0.05, 0.1) is 19.4 Å². The summed E-state index contributed by atoms with van der Waals surface area (Å²) in [6.45, 7) is 4.13. The number of likely N-dealkylation sites (N-methyl/N-ethyl adjacent to an activating group) is 1. The van der Waals surface area contributed by atoms with Gasteiger partial charge in [-0.1, -0.05) is 13.0 Å². The summed E-state index contributed by atoms with van der Waals surface area (Å²) in [7, 11) is 6.89. The molecule has 1 amide bonds. The van der Waals surface area contributed by atoms with E-state index in [0.717, 1.165) is 35.0 Å². The van der Waals surface area contributed by atoms with Gasteiger partial charge in [-0.3, -0.25) is 4.79 Å². The van der Waals surface area contributed by atoms with Gasteiger partial charge in [-0.15, -0.1) is 0 Å². The van der Waals surface area contributed by atoms with Crippen LogP contribution in [-0.2, 0) is 4.74 Å². The van der Waals surface area contributed by atoms with Crippen molar-refractivity contribution >= 4 is 17.5 Å². The average Bonchev–Trinajstić information content (AvgIpc) is 2.89. The van der Waals surface area contributed by atoms with E-state index in [-0.39, 0.29) is 11.8 Å². The molecule has 0 saturated carbocycles. The standard InChI is InChI=1S/C25H32N6O3/c1-17(20-8-6-18(25(32)26-2)12-22(20)34-5)14-27-23-13-21(29-16-30-23)19-7-9-24(28-15-19)31(3)10-11-33-4/h6-9,12-13,15-17H,10-11,14H2,1-5H3,(H,26,32)(H,27,29,30)/t17-/m1/s1. The zero-order chi connectivity index (χ0) is 24.5. The fraction of sp³-hybridized carbons (Fsp3) is 0.360. The molecule has 0 bridgehead atoms. The van der Waals surface area contributed by atoms with Crippen molar-refractivity contribution in [3.05, 3.63) is 60.0 Å². The maximum atomic E-state index is 11.9. The Kier molecular flexibility index (Phi) is 8.75. The predicted octanol–water partition coefficient (Wildman–Crippen LogP) is 3.21. The van der Waals surface area contributed by atoms with Crippen LogP contribution in [0.4, 0.5) is 11.6 Å². The zero-order valence-electron chi connectivity index (χ0n) is 20.3. The molecule has 180 valence electrons. The first-order valence-corrected chi connectivity index (χ1v) is 11.1. The molecule has 0 aliphatic carbocycles. The highest BCUT2D eigenvalue weighted by Crippen LogP contribution is 2.28. The number of aromatic nitrogens is 3. The first-order chi connectivity index (χ1) is 16.5. The lowest BCUT2D eigenvalue weighted by molar-refractivity contribution is 0.0962. The van der Waals surface area contributed by atoms with Crippen LogP contribution in [0.3, 0.4) is 0 Å². The van der Waals surface area contributed by atoms with Crippen molar-refractivity contribution in [3.8, 4) is 17.0 Å². The number of carbonyl (C=O) groups excluding carboxylic acids is 1. The average molecular weight is 465 g/mol. The van der Waals surface area contributed by atoms with Gasteiger partial charge in [-0.05, 0) is 29.8 Å². The number of ether oxygens (including phenoxy) is 2. The van der Waals surface area contributed by atoms with Crippen LogP contribution < -0.4 is 20.3 Å². The number of carbonyl (C=O) groups is 1. The Labute approximate surface area is 200 Å². The largest absolute Gasteiger partial charge is 0.496 e. The second-order valence-corrected chi connectivity index (χ2v) is 7.93. The molecule has 9 heteroatoms. The molecule has 0 unspecified atom stereocenters.